The van der Waals surface area contributed by atoms with Crippen molar-refractivity contribution in [1.29, 1.82) is 0 Å². The van der Waals surface area contributed by atoms with E-state index >= 15 is 0 Å². The zero-order valence-corrected chi connectivity index (χ0v) is 23.4. The predicted molar refractivity (Wildman–Crippen MR) is 148 cm³/mol. The van der Waals surface area contributed by atoms with Crippen LogP contribution in [0.1, 0.15) is 75.3 Å². The molecule has 8 nitrogen and oxygen atoms in total. The van der Waals surface area contributed by atoms with Gasteiger partial charge in [-0.25, -0.2) is 9.18 Å². The molecule has 2 saturated heterocycles. The fraction of sp³-hybridized carbons (Fsp3) is 0.645. The quantitative estimate of drug-likeness (QED) is 0.193. The highest BCUT2D eigenvalue weighted by molar-refractivity contribution is 5.89. The Hall–Kier alpha value is -2.78. The van der Waals surface area contributed by atoms with Crippen molar-refractivity contribution in [3.8, 4) is 0 Å². The molecule has 1 aromatic carbocycles. The Morgan fingerprint density at radius 1 is 1.12 bits per heavy atom. The molecule has 2 heterocycles. The molecular formula is C31H43FN2O6. The first-order valence-corrected chi connectivity index (χ1v) is 14.8. The van der Waals surface area contributed by atoms with Gasteiger partial charge >= 0.3 is 5.97 Å². The number of nitrogens with one attached hydrogen (secondary N) is 2. The maximum absolute atomic E-state index is 14.2. The highest BCUT2D eigenvalue weighted by Crippen LogP contribution is 2.45. The number of carbonyl (C=O) groups excluding carboxylic acids is 3. The first-order chi connectivity index (χ1) is 19.4. The van der Waals surface area contributed by atoms with E-state index in [1.165, 1.54) is 63.8 Å². The highest BCUT2D eigenvalue weighted by Gasteiger charge is 2.52. The van der Waals surface area contributed by atoms with Crippen LogP contribution in [0.25, 0.3) is 6.08 Å². The normalized spacial score (nSPS) is 25.2. The van der Waals surface area contributed by atoms with Gasteiger partial charge in [-0.3, -0.25) is 9.59 Å². The summed E-state index contributed by atoms with van der Waals surface area (Å²) in [6.07, 6.45) is 14.0. The number of aliphatic hydroxyl groups is 1. The number of carbonyl (C=O) groups is 3. The molecule has 220 valence electrons. The number of esters is 1. The maximum Gasteiger partial charge on any atom is 0.330 e. The van der Waals surface area contributed by atoms with Crippen molar-refractivity contribution in [2.45, 2.75) is 88.9 Å². The second-order valence-corrected chi connectivity index (χ2v) is 11.4. The Kier molecular flexibility index (Phi) is 11.1. The average Bonchev–Trinajstić information content (AvgIpc) is 3.57. The molecule has 0 spiro atoms. The number of amides is 2. The van der Waals surface area contributed by atoms with Crippen LogP contribution in [0.15, 0.2) is 24.3 Å². The number of benzene rings is 1. The van der Waals surface area contributed by atoms with E-state index in [0.29, 0.717) is 24.1 Å². The SMILES string of the molecule is COC(=O)C=Cc1ccc(F)cc1C[C@@H]1C(C(=O)NC(CO)C(=O)NCCCCC2CCCCC2)C2CC[C@H]1O2. The lowest BCUT2D eigenvalue weighted by molar-refractivity contribution is -0.134. The topological polar surface area (TPSA) is 114 Å². The van der Waals surface area contributed by atoms with Crippen molar-refractivity contribution >= 4 is 23.9 Å². The first-order valence-electron chi connectivity index (χ1n) is 14.8. The number of rotatable bonds is 13. The van der Waals surface area contributed by atoms with Gasteiger partial charge in [-0.15, -0.1) is 0 Å². The summed E-state index contributed by atoms with van der Waals surface area (Å²) in [6.45, 7) is 0.0115. The van der Waals surface area contributed by atoms with E-state index < -0.39 is 36.3 Å². The molecule has 2 amide bonds. The van der Waals surface area contributed by atoms with Crippen molar-refractivity contribution in [3.05, 3.63) is 41.2 Å². The Balaban J connectivity index is 1.33. The fourth-order valence-corrected chi connectivity index (χ4v) is 6.62. The smallest absolute Gasteiger partial charge is 0.330 e. The Morgan fingerprint density at radius 3 is 2.65 bits per heavy atom. The van der Waals surface area contributed by atoms with Crippen LogP contribution in [-0.4, -0.2) is 61.4 Å². The van der Waals surface area contributed by atoms with Crippen LogP contribution in [-0.2, 0) is 30.3 Å². The fourth-order valence-electron chi connectivity index (χ4n) is 6.62. The monoisotopic (exact) mass is 558 g/mol. The van der Waals surface area contributed by atoms with Gasteiger partial charge in [0.15, 0.2) is 0 Å². The lowest BCUT2D eigenvalue weighted by atomic mass is 9.75. The summed E-state index contributed by atoms with van der Waals surface area (Å²) in [5.74, 6) is -1.62. The number of unbranched alkanes of at least 4 members (excludes halogenated alkanes) is 1. The maximum atomic E-state index is 14.2. The lowest BCUT2D eigenvalue weighted by Crippen LogP contribution is -2.53. The number of fused-ring (bicyclic) bond motifs is 2. The minimum absolute atomic E-state index is 0.160. The summed E-state index contributed by atoms with van der Waals surface area (Å²) in [5.41, 5.74) is 1.31. The second kappa shape index (κ2) is 14.7. The third kappa shape index (κ3) is 7.91. The van der Waals surface area contributed by atoms with Gasteiger partial charge in [0.05, 0.1) is 31.8 Å². The number of methoxy groups -OCH3 is 1. The summed E-state index contributed by atoms with van der Waals surface area (Å²) in [6, 6.07) is 3.28. The minimum atomic E-state index is -1.04. The third-order valence-electron chi connectivity index (χ3n) is 8.77. The Bertz CT molecular complexity index is 1060. The molecule has 1 aromatic rings. The molecule has 3 N–H and O–H groups in total. The molecule has 2 aliphatic heterocycles. The minimum Gasteiger partial charge on any atom is -0.466 e. The molecule has 9 heteroatoms. The lowest BCUT2D eigenvalue weighted by Gasteiger charge is -2.29. The number of ether oxygens (including phenoxy) is 2. The molecular weight excluding hydrogens is 515 g/mol. The average molecular weight is 559 g/mol. The molecule has 1 saturated carbocycles. The number of aliphatic hydroxyl groups excluding tert-OH is 1. The first kappa shape index (κ1) is 30.2. The molecule has 0 radical (unpaired) electrons. The molecule has 3 fully saturated rings. The Morgan fingerprint density at radius 2 is 1.90 bits per heavy atom. The number of hydrogen-bond acceptors (Lipinski definition) is 6. The van der Waals surface area contributed by atoms with Crippen molar-refractivity contribution in [1.82, 2.24) is 10.6 Å². The zero-order valence-electron chi connectivity index (χ0n) is 23.4. The van der Waals surface area contributed by atoms with Crippen LogP contribution >= 0.6 is 0 Å². The van der Waals surface area contributed by atoms with Gasteiger partial charge < -0.3 is 25.2 Å². The summed E-state index contributed by atoms with van der Waals surface area (Å²) in [5, 5.41) is 15.5. The molecule has 1 aliphatic carbocycles. The van der Waals surface area contributed by atoms with E-state index in [9.17, 15) is 23.9 Å². The van der Waals surface area contributed by atoms with Gasteiger partial charge in [0.25, 0.3) is 0 Å². The number of halogens is 1. The summed E-state index contributed by atoms with van der Waals surface area (Å²) < 4.78 is 24.9. The van der Waals surface area contributed by atoms with Crippen LogP contribution in [0.5, 0.6) is 0 Å². The van der Waals surface area contributed by atoms with Gasteiger partial charge in [0.1, 0.15) is 11.9 Å². The molecule has 0 aromatic heterocycles. The summed E-state index contributed by atoms with van der Waals surface area (Å²) in [7, 11) is 1.28. The van der Waals surface area contributed by atoms with Gasteiger partial charge in [-0.05, 0) is 60.9 Å². The standard InChI is InChI=1S/C31H43FN2O6/c1-39-28(36)15-11-21-10-12-23(32)17-22(21)18-24-26-13-14-27(40-26)29(24)31(38)34-25(19-35)30(37)33-16-6-5-9-20-7-3-2-4-8-20/h10-12,15,17,20,24-27,29,35H,2-9,13-14,16,18-19H2,1H3,(H,33,37)(H,34,38)/t24-,25?,26+,27?,29?/m0/s1. The van der Waals surface area contributed by atoms with Crippen molar-refractivity contribution < 1.29 is 33.4 Å². The van der Waals surface area contributed by atoms with Gasteiger partial charge in [0.2, 0.25) is 11.8 Å². The van der Waals surface area contributed by atoms with Crippen LogP contribution in [0, 0.1) is 23.6 Å². The van der Waals surface area contributed by atoms with Crippen LogP contribution < -0.4 is 10.6 Å². The van der Waals surface area contributed by atoms with Crippen molar-refractivity contribution in [3.63, 3.8) is 0 Å². The Labute approximate surface area is 236 Å². The molecule has 4 rings (SSSR count). The summed E-state index contributed by atoms with van der Waals surface area (Å²) >= 11 is 0. The van der Waals surface area contributed by atoms with Crippen molar-refractivity contribution in [2.24, 2.45) is 17.8 Å². The van der Waals surface area contributed by atoms with Gasteiger partial charge in [-0.2, -0.15) is 0 Å². The van der Waals surface area contributed by atoms with E-state index in [2.05, 4.69) is 15.4 Å². The van der Waals surface area contributed by atoms with Crippen LogP contribution in [0.3, 0.4) is 0 Å². The van der Waals surface area contributed by atoms with E-state index in [1.807, 2.05) is 0 Å². The van der Waals surface area contributed by atoms with E-state index in [-0.39, 0.29) is 24.0 Å². The van der Waals surface area contributed by atoms with Crippen LogP contribution in [0.4, 0.5) is 4.39 Å². The molecule has 3 unspecified atom stereocenters. The molecule has 2 bridgehead atoms. The van der Waals surface area contributed by atoms with Gasteiger partial charge in [0, 0.05) is 18.5 Å². The van der Waals surface area contributed by atoms with E-state index in [4.69, 9.17) is 4.74 Å². The molecule has 40 heavy (non-hydrogen) atoms. The predicted octanol–water partition coefficient (Wildman–Crippen LogP) is 3.69. The highest BCUT2D eigenvalue weighted by atomic mass is 19.1. The van der Waals surface area contributed by atoms with Gasteiger partial charge in [-0.1, -0.05) is 51.0 Å². The zero-order chi connectivity index (χ0) is 28.5. The largest absolute Gasteiger partial charge is 0.466 e. The van der Waals surface area contributed by atoms with E-state index in [1.54, 1.807) is 12.1 Å². The second-order valence-electron chi connectivity index (χ2n) is 11.4. The van der Waals surface area contributed by atoms with E-state index in [0.717, 1.165) is 31.6 Å². The van der Waals surface area contributed by atoms with Crippen molar-refractivity contribution in [2.75, 3.05) is 20.3 Å². The third-order valence-corrected chi connectivity index (χ3v) is 8.77. The van der Waals surface area contributed by atoms with Crippen LogP contribution in [0.2, 0.25) is 0 Å². The molecule has 3 aliphatic rings. The molecule has 5 atom stereocenters. The summed E-state index contributed by atoms with van der Waals surface area (Å²) in [4.78, 5) is 37.8. The number of hydrogen-bond donors (Lipinski definition) is 3.